The molecule has 1 heterocycles. The molecule has 3 atom stereocenters. The maximum Gasteiger partial charge on any atom is 0.224 e. The van der Waals surface area contributed by atoms with Crippen LogP contribution in [0.15, 0.2) is 18.2 Å². The van der Waals surface area contributed by atoms with E-state index in [0.717, 1.165) is 32.0 Å². The van der Waals surface area contributed by atoms with Gasteiger partial charge in [0.2, 0.25) is 5.91 Å². The number of hydrogen-bond acceptors (Lipinski definition) is 2. The van der Waals surface area contributed by atoms with Crippen LogP contribution in [0.5, 0.6) is 0 Å². The highest BCUT2D eigenvalue weighted by Gasteiger charge is 2.45. The summed E-state index contributed by atoms with van der Waals surface area (Å²) in [6, 6.07) is 4.32. The Hall–Kier alpha value is -1.20. The van der Waals surface area contributed by atoms with Crippen LogP contribution in [0.2, 0.25) is 0 Å². The van der Waals surface area contributed by atoms with Crippen LogP contribution in [-0.4, -0.2) is 25.0 Å². The highest BCUT2D eigenvalue weighted by Crippen LogP contribution is 2.48. The first-order valence-electron chi connectivity index (χ1n) is 7.12. The first kappa shape index (κ1) is 16.2. The third-order valence-corrected chi connectivity index (χ3v) is 4.15. The minimum absolute atomic E-state index is 0. The van der Waals surface area contributed by atoms with Crippen molar-refractivity contribution in [1.29, 1.82) is 0 Å². The Morgan fingerprint density at radius 2 is 2.14 bits per heavy atom. The molecule has 1 aromatic carbocycles. The molecule has 116 valence electrons. The number of carbonyl (C=O) groups excluding carboxylic acids is 1. The summed E-state index contributed by atoms with van der Waals surface area (Å²) in [4.78, 5) is 12.1. The van der Waals surface area contributed by atoms with Gasteiger partial charge < -0.3 is 10.6 Å². The molecular weight excluding hydrogens is 298 g/mol. The zero-order valence-electron chi connectivity index (χ0n) is 11.6. The van der Waals surface area contributed by atoms with E-state index in [1.807, 2.05) is 0 Å². The third kappa shape index (κ3) is 3.52. The third-order valence-electron chi connectivity index (χ3n) is 4.15. The van der Waals surface area contributed by atoms with Crippen molar-refractivity contribution in [3.8, 4) is 0 Å². The molecule has 0 spiro atoms. The van der Waals surface area contributed by atoms with E-state index in [2.05, 4.69) is 10.6 Å². The number of hydrogen-bond donors (Lipinski definition) is 2. The molecular formula is C15H19ClF2N2O. The minimum atomic E-state index is -0.843. The maximum absolute atomic E-state index is 13.7. The van der Waals surface area contributed by atoms with Crippen LogP contribution in [0.4, 0.5) is 8.78 Å². The average molecular weight is 317 g/mol. The second-order valence-electron chi connectivity index (χ2n) is 5.64. The molecule has 3 nitrogen and oxygen atoms in total. The van der Waals surface area contributed by atoms with Crippen molar-refractivity contribution >= 4 is 18.3 Å². The summed E-state index contributed by atoms with van der Waals surface area (Å²) in [5.74, 6) is -2.08. The van der Waals surface area contributed by atoms with Gasteiger partial charge in [0, 0.05) is 18.5 Å². The molecule has 1 aliphatic heterocycles. The molecule has 0 bridgehead atoms. The van der Waals surface area contributed by atoms with E-state index in [-0.39, 0.29) is 36.2 Å². The second-order valence-corrected chi connectivity index (χ2v) is 5.64. The Balaban J connectivity index is 0.00000161. The SMILES string of the molecule is Cl.O=C(NC1CCCNC1)C1CC1c1cccc(F)c1F. The molecule has 0 radical (unpaired) electrons. The van der Waals surface area contributed by atoms with Gasteiger partial charge in [-0.2, -0.15) is 0 Å². The molecule has 1 aliphatic carbocycles. The van der Waals surface area contributed by atoms with E-state index < -0.39 is 11.6 Å². The molecule has 2 fully saturated rings. The summed E-state index contributed by atoms with van der Waals surface area (Å²) in [5, 5.41) is 6.23. The largest absolute Gasteiger partial charge is 0.352 e. The predicted octanol–water partition coefficient (Wildman–Crippen LogP) is 2.36. The topological polar surface area (TPSA) is 41.1 Å². The van der Waals surface area contributed by atoms with E-state index in [9.17, 15) is 13.6 Å². The van der Waals surface area contributed by atoms with Gasteiger partial charge in [0.25, 0.3) is 0 Å². The van der Waals surface area contributed by atoms with Gasteiger partial charge in [0.1, 0.15) is 0 Å². The Morgan fingerprint density at radius 1 is 1.33 bits per heavy atom. The Bertz CT molecular complexity index is 520. The van der Waals surface area contributed by atoms with Crippen LogP contribution in [-0.2, 0) is 4.79 Å². The van der Waals surface area contributed by atoms with Crippen LogP contribution < -0.4 is 10.6 Å². The van der Waals surface area contributed by atoms with Crippen LogP contribution in [0, 0.1) is 17.6 Å². The van der Waals surface area contributed by atoms with Crippen molar-refractivity contribution in [3.63, 3.8) is 0 Å². The van der Waals surface area contributed by atoms with Gasteiger partial charge >= 0.3 is 0 Å². The molecule has 0 aromatic heterocycles. The maximum atomic E-state index is 13.7. The van der Waals surface area contributed by atoms with Gasteiger partial charge in [-0.15, -0.1) is 12.4 Å². The van der Waals surface area contributed by atoms with Crippen molar-refractivity contribution in [2.24, 2.45) is 5.92 Å². The minimum Gasteiger partial charge on any atom is -0.352 e. The predicted molar refractivity (Wildman–Crippen MR) is 78.5 cm³/mol. The number of piperidine rings is 1. The number of nitrogens with one attached hydrogen (secondary N) is 2. The lowest BCUT2D eigenvalue weighted by Gasteiger charge is -2.23. The van der Waals surface area contributed by atoms with E-state index >= 15 is 0 Å². The first-order valence-corrected chi connectivity index (χ1v) is 7.12. The van der Waals surface area contributed by atoms with E-state index in [4.69, 9.17) is 0 Å². The second kappa shape index (κ2) is 6.71. The zero-order valence-corrected chi connectivity index (χ0v) is 12.4. The summed E-state index contributed by atoms with van der Waals surface area (Å²) in [6.07, 6.45) is 2.63. The molecule has 1 saturated carbocycles. The van der Waals surface area contributed by atoms with Gasteiger partial charge in [-0.25, -0.2) is 8.78 Å². The molecule has 3 rings (SSSR count). The Labute approximate surface area is 128 Å². The monoisotopic (exact) mass is 316 g/mol. The van der Waals surface area contributed by atoms with E-state index in [1.54, 1.807) is 6.07 Å². The van der Waals surface area contributed by atoms with Crippen LogP contribution in [0.1, 0.15) is 30.7 Å². The lowest BCUT2D eigenvalue weighted by Crippen LogP contribution is -2.46. The molecule has 2 aliphatic rings. The van der Waals surface area contributed by atoms with Crippen molar-refractivity contribution in [2.75, 3.05) is 13.1 Å². The fourth-order valence-electron chi connectivity index (χ4n) is 2.92. The quantitative estimate of drug-likeness (QED) is 0.899. The fraction of sp³-hybridized carbons (Fsp3) is 0.533. The number of benzene rings is 1. The van der Waals surface area contributed by atoms with Crippen LogP contribution in [0.25, 0.3) is 0 Å². The normalized spacial score (nSPS) is 27.6. The Morgan fingerprint density at radius 3 is 2.86 bits per heavy atom. The molecule has 1 aromatic rings. The van der Waals surface area contributed by atoms with Gasteiger partial charge in [-0.1, -0.05) is 12.1 Å². The molecule has 1 amide bonds. The summed E-state index contributed by atoms with van der Waals surface area (Å²) in [5.41, 5.74) is 0.326. The summed E-state index contributed by atoms with van der Waals surface area (Å²) in [7, 11) is 0. The van der Waals surface area contributed by atoms with Crippen LogP contribution in [0.3, 0.4) is 0 Å². The average Bonchev–Trinajstić information content (AvgIpc) is 3.23. The molecule has 21 heavy (non-hydrogen) atoms. The van der Waals surface area contributed by atoms with Crippen LogP contribution >= 0.6 is 12.4 Å². The highest BCUT2D eigenvalue weighted by molar-refractivity contribution is 5.85. The van der Waals surface area contributed by atoms with E-state index in [1.165, 1.54) is 6.07 Å². The van der Waals surface area contributed by atoms with Crippen molar-refractivity contribution < 1.29 is 13.6 Å². The van der Waals surface area contributed by atoms with Gasteiger partial charge in [-0.3, -0.25) is 4.79 Å². The van der Waals surface area contributed by atoms with E-state index in [0.29, 0.717) is 12.0 Å². The summed E-state index contributed by atoms with van der Waals surface area (Å²) in [6.45, 7) is 1.78. The molecule has 6 heteroatoms. The number of rotatable bonds is 3. The van der Waals surface area contributed by atoms with Gasteiger partial charge in [-0.05, 0) is 43.4 Å². The molecule has 2 N–H and O–H groups in total. The highest BCUT2D eigenvalue weighted by atomic mass is 35.5. The number of amides is 1. The summed E-state index contributed by atoms with van der Waals surface area (Å²) >= 11 is 0. The number of halogens is 3. The molecule has 3 unspecified atom stereocenters. The lowest BCUT2D eigenvalue weighted by atomic mass is 10.1. The fourth-order valence-corrected chi connectivity index (χ4v) is 2.92. The lowest BCUT2D eigenvalue weighted by molar-refractivity contribution is -0.123. The first-order chi connectivity index (χ1) is 9.66. The van der Waals surface area contributed by atoms with Crippen molar-refractivity contribution in [1.82, 2.24) is 10.6 Å². The Kier molecular flexibility index (Phi) is 5.17. The smallest absolute Gasteiger partial charge is 0.224 e. The number of carbonyl (C=O) groups is 1. The standard InChI is InChI=1S/C15H18F2N2O.ClH/c16-13-5-1-4-10(14(13)17)11-7-12(11)15(20)19-9-3-2-6-18-8-9;/h1,4-5,9,11-12,18H,2-3,6-8H2,(H,19,20);1H. The van der Waals surface area contributed by atoms with Crippen molar-refractivity contribution in [2.45, 2.75) is 31.2 Å². The van der Waals surface area contributed by atoms with Crippen molar-refractivity contribution in [3.05, 3.63) is 35.4 Å². The van der Waals surface area contributed by atoms with Gasteiger partial charge in [0.15, 0.2) is 11.6 Å². The summed E-state index contributed by atoms with van der Waals surface area (Å²) < 4.78 is 26.9. The molecule has 1 saturated heterocycles. The zero-order chi connectivity index (χ0) is 14.1. The van der Waals surface area contributed by atoms with Gasteiger partial charge in [0.05, 0.1) is 0 Å².